The van der Waals surface area contributed by atoms with E-state index < -0.39 is 5.82 Å². The highest BCUT2D eigenvalue weighted by atomic mass is 35.5. The molecule has 0 unspecified atom stereocenters. The minimum Gasteiger partial charge on any atom is -0.373 e. The lowest BCUT2D eigenvalue weighted by Gasteiger charge is -2.29. The number of rotatable bonds is 3. The van der Waals surface area contributed by atoms with Crippen LogP contribution in [-0.4, -0.2) is 31.1 Å². The maximum Gasteiger partial charge on any atom is 0.279 e. The van der Waals surface area contributed by atoms with Gasteiger partial charge in [-0.3, -0.25) is 14.3 Å². The molecule has 4 aromatic rings. The molecule has 3 aromatic heterocycles. The Kier molecular flexibility index (Phi) is 5.87. The summed E-state index contributed by atoms with van der Waals surface area (Å²) in [5.41, 5.74) is 2.62. The Morgan fingerprint density at radius 3 is 2.71 bits per heavy atom. The van der Waals surface area contributed by atoms with E-state index in [0.29, 0.717) is 31.1 Å². The van der Waals surface area contributed by atoms with E-state index in [2.05, 4.69) is 15.0 Å². The Morgan fingerprint density at radius 2 is 1.94 bits per heavy atom. The zero-order valence-corrected chi connectivity index (χ0v) is 19.8. The maximum atomic E-state index is 15.0. The van der Waals surface area contributed by atoms with E-state index in [9.17, 15) is 9.18 Å². The fourth-order valence-corrected chi connectivity index (χ4v) is 4.51. The fraction of sp³-hybridized carbons (Fsp3) is 0.320. The smallest absolute Gasteiger partial charge is 0.279 e. The Balaban J connectivity index is 1.66. The van der Waals surface area contributed by atoms with E-state index in [1.54, 1.807) is 32.3 Å². The van der Waals surface area contributed by atoms with Crippen LogP contribution < -0.4 is 5.56 Å². The van der Waals surface area contributed by atoms with Gasteiger partial charge in [-0.2, -0.15) is 0 Å². The Morgan fingerprint density at radius 1 is 1.12 bits per heavy atom. The van der Waals surface area contributed by atoms with E-state index in [4.69, 9.17) is 21.3 Å². The highest BCUT2D eigenvalue weighted by Gasteiger charge is 2.29. The van der Waals surface area contributed by atoms with Gasteiger partial charge in [0.1, 0.15) is 28.7 Å². The molecule has 1 saturated heterocycles. The molecular formula is C25H23ClFN5O2. The van der Waals surface area contributed by atoms with Gasteiger partial charge in [-0.25, -0.2) is 19.3 Å². The summed E-state index contributed by atoms with van der Waals surface area (Å²) in [6.45, 7) is 4.18. The number of halogens is 2. The van der Waals surface area contributed by atoms with Crippen molar-refractivity contribution < 1.29 is 9.13 Å². The average molecular weight is 480 g/mol. The second-order valence-corrected chi connectivity index (χ2v) is 9.02. The number of aromatic nitrogens is 5. The molecule has 1 aromatic carbocycles. The zero-order valence-electron chi connectivity index (χ0n) is 19.0. The van der Waals surface area contributed by atoms with Gasteiger partial charge in [0.25, 0.3) is 5.56 Å². The molecule has 0 N–H and O–H groups in total. The molecule has 2 atom stereocenters. The number of hydrogen-bond acceptors (Lipinski definition) is 6. The first-order chi connectivity index (χ1) is 16.3. The normalized spacial score (nSPS) is 18.4. The van der Waals surface area contributed by atoms with Gasteiger partial charge < -0.3 is 4.74 Å². The summed E-state index contributed by atoms with van der Waals surface area (Å²) in [5.74, 6) is 0.370. The Labute approximate surface area is 200 Å². The van der Waals surface area contributed by atoms with E-state index >= 15 is 0 Å². The summed E-state index contributed by atoms with van der Waals surface area (Å²) in [6, 6.07) is 8.33. The Bertz CT molecular complexity index is 1470. The molecule has 0 saturated carbocycles. The topological polar surface area (TPSA) is 82.8 Å². The standard InChI is InChI=1S/C25H23ClFN5O2/c1-13-10-15(6-8-28-13)20-11-16(7-9-34-20)24-30-21(18-5-4-17(26)12-19(18)27)22-23(31-24)25(33)32(3)14(2)29-22/h4-6,8,10,12,16,20H,7,9,11H2,1-3H3/t16-,20-/m1/s1. The molecule has 1 aliphatic rings. The molecule has 0 spiro atoms. The van der Waals surface area contributed by atoms with E-state index in [1.807, 2.05) is 19.1 Å². The number of pyridine rings is 1. The van der Waals surface area contributed by atoms with Crippen molar-refractivity contribution in [1.82, 2.24) is 24.5 Å². The zero-order chi connectivity index (χ0) is 24.0. The minimum atomic E-state index is -0.532. The molecule has 174 valence electrons. The van der Waals surface area contributed by atoms with Gasteiger partial charge in [0.05, 0.1) is 6.10 Å². The van der Waals surface area contributed by atoms with Crippen LogP contribution in [0.5, 0.6) is 0 Å². The van der Waals surface area contributed by atoms with Crippen LogP contribution in [-0.2, 0) is 11.8 Å². The molecule has 5 rings (SSSR count). The van der Waals surface area contributed by atoms with Gasteiger partial charge in [-0.15, -0.1) is 0 Å². The van der Waals surface area contributed by atoms with Crippen molar-refractivity contribution in [3.8, 4) is 11.3 Å². The number of hydrogen-bond donors (Lipinski definition) is 0. The minimum absolute atomic E-state index is 0.0725. The lowest BCUT2D eigenvalue weighted by atomic mass is 9.91. The summed E-state index contributed by atoms with van der Waals surface area (Å²) in [4.78, 5) is 31.3. The predicted molar refractivity (Wildman–Crippen MR) is 127 cm³/mol. The molecule has 1 aliphatic heterocycles. The SMILES string of the molecule is Cc1cc([C@H]2C[C@H](c3nc(-c4ccc(Cl)cc4F)c4nc(C)n(C)c(=O)c4n3)CCO2)ccn1. The third-order valence-corrected chi connectivity index (χ3v) is 6.53. The lowest BCUT2D eigenvalue weighted by molar-refractivity contribution is 0.00394. The van der Waals surface area contributed by atoms with Crippen LogP contribution in [0.25, 0.3) is 22.3 Å². The number of ether oxygens (including phenoxy) is 1. The van der Waals surface area contributed by atoms with Crippen molar-refractivity contribution in [1.29, 1.82) is 0 Å². The average Bonchev–Trinajstić information content (AvgIpc) is 2.82. The predicted octanol–water partition coefficient (Wildman–Crippen LogP) is 4.83. The van der Waals surface area contributed by atoms with Crippen LogP contribution in [0.15, 0.2) is 41.3 Å². The summed E-state index contributed by atoms with van der Waals surface area (Å²) >= 11 is 5.97. The first kappa shape index (κ1) is 22.6. The third-order valence-electron chi connectivity index (χ3n) is 6.30. The molecular weight excluding hydrogens is 457 g/mol. The monoisotopic (exact) mass is 479 g/mol. The lowest BCUT2D eigenvalue weighted by Crippen LogP contribution is -2.25. The van der Waals surface area contributed by atoms with E-state index in [-0.39, 0.29) is 44.9 Å². The van der Waals surface area contributed by atoms with E-state index in [1.165, 1.54) is 10.6 Å². The van der Waals surface area contributed by atoms with Crippen molar-refractivity contribution >= 4 is 22.6 Å². The summed E-state index contributed by atoms with van der Waals surface area (Å²) in [7, 11) is 1.64. The second-order valence-electron chi connectivity index (χ2n) is 8.59. The van der Waals surface area contributed by atoms with Crippen LogP contribution in [0.4, 0.5) is 4.39 Å². The quantitative estimate of drug-likeness (QED) is 0.418. The second kappa shape index (κ2) is 8.85. The molecule has 9 heteroatoms. The van der Waals surface area contributed by atoms with Crippen molar-refractivity contribution in [2.45, 2.75) is 38.7 Å². The molecule has 0 bridgehead atoms. The largest absolute Gasteiger partial charge is 0.373 e. The van der Waals surface area contributed by atoms with Gasteiger partial charge in [0.15, 0.2) is 5.52 Å². The number of nitrogens with zero attached hydrogens (tertiary/aromatic N) is 5. The number of benzene rings is 1. The molecule has 0 radical (unpaired) electrons. The van der Waals surface area contributed by atoms with Gasteiger partial charge in [-0.05, 0) is 62.6 Å². The van der Waals surface area contributed by atoms with Gasteiger partial charge in [0.2, 0.25) is 0 Å². The van der Waals surface area contributed by atoms with Crippen LogP contribution in [0.2, 0.25) is 5.02 Å². The Hall–Kier alpha value is -3.23. The van der Waals surface area contributed by atoms with Gasteiger partial charge >= 0.3 is 0 Å². The molecule has 1 fully saturated rings. The van der Waals surface area contributed by atoms with Crippen molar-refractivity contribution in [2.75, 3.05) is 6.61 Å². The highest BCUT2D eigenvalue weighted by Crippen LogP contribution is 2.38. The van der Waals surface area contributed by atoms with Crippen LogP contribution >= 0.6 is 11.6 Å². The maximum absolute atomic E-state index is 15.0. The van der Waals surface area contributed by atoms with Crippen molar-refractivity contribution in [3.05, 3.63) is 80.6 Å². The van der Waals surface area contributed by atoms with Crippen molar-refractivity contribution in [3.63, 3.8) is 0 Å². The van der Waals surface area contributed by atoms with Crippen LogP contribution in [0.1, 0.15) is 47.8 Å². The van der Waals surface area contributed by atoms with Crippen LogP contribution in [0, 0.1) is 19.7 Å². The molecule has 0 amide bonds. The first-order valence-electron chi connectivity index (χ1n) is 11.1. The van der Waals surface area contributed by atoms with Gasteiger partial charge in [0, 0.05) is 42.0 Å². The van der Waals surface area contributed by atoms with Crippen LogP contribution in [0.3, 0.4) is 0 Å². The number of fused-ring (bicyclic) bond motifs is 1. The summed E-state index contributed by atoms with van der Waals surface area (Å²) in [5, 5.41) is 0.278. The summed E-state index contributed by atoms with van der Waals surface area (Å²) < 4.78 is 22.4. The molecule has 7 nitrogen and oxygen atoms in total. The third kappa shape index (κ3) is 4.08. The van der Waals surface area contributed by atoms with E-state index in [0.717, 1.165) is 11.3 Å². The first-order valence-corrected chi connectivity index (χ1v) is 11.4. The molecule has 0 aliphatic carbocycles. The number of aryl methyl sites for hydroxylation is 2. The molecule has 4 heterocycles. The summed E-state index contributed by atoms with van der Waals surface area (Å²) in [6.07, 6.45) is 2.95. The fourth-order valence-electron chi connectivity index (χ4n) is 4.35. The van der Waals surface area contributed by atoms with Gasteiger partial charge in [-0.1, -0.05) is 11.6 Å². The highest BCUT2D eigenvalue weighted by molar-refractivity contribution is 6.30. The molecule has 34 heavy (non-hydrogen) atoms. The van der Waals surface area contributed by atoms with Crippen molar-refractivity contribution in [2.24, 2.45) is 7.05 Å².